The second-order valence-electron chi connectivity index (χ2n) is 2.97. The molecule has 0 aromatic carbocycles. The van der Waals surface area contributed by atoms with Crippen LogP contribution in [0.4, 0.5) is 0 Å². The number of nitrogens with two attached hydrogens (primary N) is 1. The van der Waals surface area contributed by atoms with Gasteiger partial charge >= 0.3 is 0 Å². The number of pyridine rings is 1. The number of hydrogen-bond donors (Lipinski definition) is 1. The van der Waals surface area contributed by atoms with Crippen LogP contribution in [0.25, 0.3) is 5.70 Å². The SMILES string of the molecule is CCC(CC)=C(N)c1cccnc1. The van der Waals surface area contributed by atoms with Gasteiger partial charge in [-0.1, -0.05) is 13.8 Å². The summed E-state index contributed by atoms with van der Waals surface area (Å²) < 4.78 is 0. The fourth-order valence-electron chi connectivity index (χ4n) is 1.36. The molecule has 2 N–H and O–H groups in total. The van der Waals surface area contributed by atoms with Crippen LogP contribution in [0.1, 0.15) is 32.3 Å². The van der Waals surface area contributed by atoms with E-state index in [2.05, 4.69) is 18.8 Å². The Morgan fingerprint density at radius 1 is 1.38 bits per heavy atom. The Hall–Kier alpha value is -1.31. The van der Waals surface area contributed by atoms with Crippen LogP contribution in [-0.2, 0) is 0 Å². The van der Waals surface area contributed by atoms with Crippen molar-refractivity contribution in [2.75, 3.05) is 0 Å². The zero-order valence-electron chi connectivity index (χ0n) is 8.25. The summed E-state index contributed by atoms with van der Waals surface area (Å²) in [4.78, 5) is 4.04. The Morgan fingerprint density at radius 3 is 2.54 bits per heavy atom. The molecule has 0 spiro atoms. The molecule has 1 heterocycles. The molecular weight excluding hydrogens is 160 g/mol. The van der Waals surface area contributed by atoms with Crippen LogP contribution in [0.2, 0.25) is 0 Å². The van der Waals surface area contributed by atoms with Crippen molar-refractivity contribution < 1.29 is 0 Å². The van der Waals surface area contributed by atoms with Gasteiger partial charge in [-0.2, -0.15) is 0 Å². The number of hydrogen-bond acceptors (Lipinski definition) is 2. The van der Waals surface area contributed by atoms with E-state index in [4.69, 9.17) is 5.73 Å². The second kappa shape index (κ2) is 4.65. The molecule has 70 valence electrons. The number of allylic oxidation sites excluding steroid dienone is 1. The van der Waals surface area contributed by atoms with E-state index in [1.54, 1.807) is 12.4 Å². The highest BCUT2D eigenvalue weighted by molar-refractivity contribution is 5.64. The maximum atomic E-state index is 6.00. The van der Waals surface area contributed by atoms with Gasteiger partial charge in [0.05, 0.1) is 0 Å². The van der Waals surface area contributed by atoms with Gasteiger partial charge in [0, 0.05) is 23.7 Å². The summed E-state index contributed by atoms with van der Waals surface area (Å²) in [6.07, 6.45) is 5.59. The predicted octanol–water partition coefficient (Wildman–Crippen LogP) is 2.57. The van der Waals surface area contributed by atoms with Crippen molar-refractivity contribution in [3.8, 4) is 0 Å². The highest BCUT2D eigenvalue weighted by Crippen LogP contribution is 2.17. The van der Waals surface area contributed by atoms with Gasteiger partial charge < -0.3 is 5.73 Å². The number of rotatable bonds is 3. The fraction of sp³-hybridized carbons (Fsp3) is 0.364. The van der Waals surface area contributed by atoms with E-state index < -0.39 is 0 Å². The molecule has 0 bridgehead atoms. The average molecular weight is 176 g/mol. The van der Waals surface area contributed by atoms with Crippen molar-refractivity contribution >= 4 is 5.70 Å². The molecule has 0 amide bonds. The Balaban J connectivity index is 3.01. The van der Waals surface area contributed by atoms with Crippen LogP contribution < -0.4 is 5.73 Å². The molecule has 2 heteroatoms. The zero-order chi connectivity index (χ0) is 9.68. The van der Waals surface area contributed by atoms with Gasteiger partial charge in [0.25, 0.3) is 0 Å². The summed E-state index contributed by atoms with van der Waals surface area (Å²) >= 11 is 0. The predicted molar refractivity (Wildman–Crippen MR) is 55.9 cm³/mol. The first-order valence-corrected chi connectivity index (χ1v) is 4.67. The normalized spacial score (nSPS) is 9.69. The lowest BCUT2D eigenvalue weighted by Gasteiger charge is -2.07. The van der Waals surface area contributed by atoms with Gasteiger partial charge in [0.2, 0.25) is 0 Å². The molecule has 0 saturated heterocycles. The van der Waals surface area contributed by atoms with E-state index in [9.17, 15) is 0 Å². The third-order valence-corrected chi connectivity index (χ3v) is 2.21. The van der Waals surface area contributed by atoms with Crippen LogP contribution in [0.3, 0.4) is 0 Å². The molecule has 0 fully saturated rings. The molecule has 13 heavy (non-hydrogen) atoms. The number of nitrogens with zero attached hydrogens (tertiary/aromatic N) is 1. The Kier molecular flexibility index (Phi) is 3.50. The standard InChI is InChI=1S/C11H16N2/c1-3-9(4-2)11(12)10-6-5-7-13-8-10/h5-8H,3-4,12H2,1-2H3. The van der Waals surface area contributed by atoms with Crippen LogP contribution in [0, 0.1) is 0 Å². The molecule has 0 radical (unpaired) electrons. The lowest BCUT2D eigenvalue weighted by molar-refractivity contribution is 0.975. The molecule has 1 rings (SSSR count). The van der Waals surface area contributed by atoms with Gasteiger partial charge in [0.15, 0.2) is 0 Å². The van der Waals surface area contributed by atoms with Gasteiger partial charge in [0.1, 0.15) is 0 Å². The van der Waals surface area contributed by atoms with Crippen LogP contribution in [0.15, 0.2) is 30.1 Å². The first kappa shape index (κ1) is 9.78. The van der Waals surface area contributed by atoms with Crippen LogP contribution in [0.5, 0.6) is 0 Å². The lowest BCUT2D eigenvalue weighted by Crippen LogP contribution is -2.01. The van der Waals surface area contributed by atoms with E-state index in [0.29, 0.717) is 0 Å². The summed E-state index contributed by atoms with van der Waals surface area (Å²) in [5.74, 6) is 0. The van der Waals surface area contributed by atoms with Crippen LogP contribution >= 0.6 is 0 Å². The van der Waals surface area contributed by atoms with E-state index in [-0.39, 0.29) is 0 Å². The first-order valence-electron chi connectivity index (χ1n) is 4.67. The molecule has 1 aromatic rings. The molecule has 1 aromatic heterocycles. The molecule has 0 aliphatic carbocycles. The van der Waals surface area contributed by atoms with E-state index in [1.807, 2.05) is 12.1 Å². The highest BCUT2D eigenvalue weighted by atomic mass is 14.6. The second-order valence-corrected chi connectivity index (χ2v) is 2.97. The zero-order valence-corrected chi connectivity index (χ0v) is 8.25. The van der Waals surface area contributed by atoms with Gasteiger partial charge in [-0.25, -0.2) is 0 Å². The van der Waals surface area contributed by atoms with Gasteiger partial charge in [-0.3, -0.25) is 4.98 Å². The Labute approximate surface area is 79.5 Å². The Morgan fingerprint density at radius 2 is 2.08 bits per heavy atom. The highest BCUT2D eigenvalue weighted by Gasteiger charge is 2.01. The molecule has 2 nitrogen and oxygen atoms in total. The van der Waals surface area contributed by atoms with E-state index in [0.717, 1.165) is 24.1 Å². The maximum absolute atomic E-state index is 6.00. The first-order chi connectivity index (χ1) is 6.29. The van der Waals surface area contributed by atoms with Crippen molar-refractivity contribution in [1.29, 1.82) is 0 Å². The summed E-state index contributed by atoms with van der Waals surface area (Å²) in [6, 6.07) is 3.90. The third-order valence-electron chi connectivity index (χ3n) is 2.21. The summed E-state index contributed by atoms with van der Waals surface area (Å²) in [7, 11) is 0. The Bertz CT molecular complexity index is 282. The number of aromatic nitrogens is 1. The molecule has 0 aliphatic rings. The van der Waals surface area contributed by atoms with Crippen molar-refractivity contribution in [2.24, 2.45) is 5.73 Å². The maximum Gasteiger partial charge on any atom is 0.0394 e. The van der Waals surface area contributed by atoms with E-state index >= 15 is 0 Å². The molecule has 0 unspecified atom stereocenters. The van der Waals surface area contributed by atoms with Crippen molar-refractivity contribution in [1.82, 2.24) is 4.98 Å². The van der Waals surface area contributed by atoms with Gasteiger partial charge in [-0.05, 0) is 30.5 Å². The topological polar surface area (TPSA) is 38.9 Å². The summed E-state index contributed by atoms with van der Waals surface area (Å²) in [5, 5.41) is 0. The minimum atomic E-state index is 0.887. The van der Waals surface area contributed by atoms with Crippen molar-refractivity contribution in [3.05, 3.63) is 35.7 Å². The van der Waals surface area contributed by atoms with Gasteiger partial charge in [-0.15, -0.1) is 0 Å². The monoisotopic (exact) mass is 176 g/mol. The molecule has 0 atom stereocenters. The molecule has 0 saturated carbocycles. The van der Waals surface area contributed by atoms with Crippen molar-refractivity contribution in [3.63, 3.8) is 0 Å². The minimum Gasteiger partial charge on any atom is -0.398 e. The molecular formula is C11H16N2. The van der Waals surface area contributed by atoms with Crippen molar-refractivity contribution in [2.45, 2.75) is 26.7 Å². The smallest absolute Gasteiger partial charge is 0.0394 e. The lowest BCUT2D eigenvalue weighted by atomic mass is 10.0. The van der Waals surface area contributed by atoms with Crippen LogP contribution in [-0.4, -0.2) is 4.98 Å². The minimum absolute atomic E-state index is 0.887. The fourth-order valence-corrected chi connectivity index (χ4v) is 1.36. The largest absolute Gasteiger partial charge is 0.398 e. The summed E-state index contributed by atoms with van der Waals surface area (Å²) in [5.41, 5.74) is 9.22. The quantitative estimate of drug-likeness (QED) is 0.768. The third kappa shape index (κ3) is 2.31. The van der Waals surface area contributed by atoms with E-state index in [1.165, 1.54) is 5.57 Å². The molecule has 0 aliphatic heterocycles. The summed E-state index contributed by atoms with van der Waals surface area (Å²) in [6.45, 7) is 4.25. The average Bonchev–Trinajstić information content (AvgIpc) is 2.21.